The Hall–Kier alpha value is -4.62. The predicted molar refractivity (Wildman–Crippen MR) is 167 cm³/mol. The van der Waals surface area contributed by atoms with E-state index in [2.05, 4.69) is 65.0 Å². The topological polar surface area (TPSA) is 51.5 Å². The fraction of sp³-hybridized carbons (Fsp3) is 0.176. The number of nitrogens with zero attached hydrogens (tertiary/aromatic N) is 3. The summed E-state index contributed by atoms with van der Waals surface area (Å²) in [6.07, 6.45) is 1.83. The molecule has 5 aromatic rings. The molecule has 0 bridgehead atoms. The number of benzene rings is 3. The Balaban J connectivity index is 1.42. The number of hydrogen-bond acceptors (Lipinski definition) is 4. The summed E-state index contributed by atoms with van der Waals surface area (Å²) in [5.74, 6) is 2.44. The summed E-state index contributed by atoms with van der Waals surface area (Å²) in [5, 5.41) is 4.23. The van der Waals surface area contributed by atoms with E-state index in [0.717, 1.165) is 51.3 Å². The van der Waals surface area contributed by atoms with Crippen LogP contribution >= 0.6 is 12.2 Å². The standard InChI is InChI=1S/C34H32N4O2S/c1-22-10-5-6-14-31(22)40-27-17-15-25(16-18-27)38-33(32(36-34(38)41)30-13-7-8-19-35-30)29-20-23(2)37(24(29)3)26-11-9-12-28(21-26)39-4/h5-21,32-33H,1-4H3,(H,36,41)/t32-,33+/m0/s1. The first kappa shape index (κ1) is 26.6. The molecule has 41 heavy (non-hydrogen) atoms. The van der Waals surface area contributed by atoms with Crippen molar-refractivity contribution in [2.24, 2.45) is 0 Å². The molecule has 0 amide bonds. The molecule has 1 fully saturated rings. The molecule has 2 aromatic heterocycles. The summed E-state index contributed by atoms with van der Waals surface area (Å²) in [5.41, 5.74) is 7.50. The average Bonchev–Trinajstić information content (AvgIpc) is 3.49. The van der Waals surface area contributed by atoms with Crippen LogP contribution in [0.15, 0.2) is 103 Å². The Morgan fingerprint density at radius 1 is 0.805 bits per heavy atom. The number of pyridine rings is 1. The molecule has 1 aliphatic rings. The lowest BCUT2D eigenvalue weighted by molar-refractivity contribution is 0.414. The second-order valence-corrected chi connectivity index (χ2v) is 10.6. The van der Waals surface area contributed by atoms with Crippen molar-refractivity contribution >= 4 is 23.0 Å². The maximum Gasteiger partial charge on any atom is 0.174 e. The van der Waals surface area contributed by atoms with Gasteiger partial charge in [-0.15, -0.1) is 0 Å². The molecule has 2 atom stereocenters. The third-order valence-corrected chi connectivity index (χ3v) is 7.95. The van der Waals surface area contributed by atoms with Gasteiger partial charge < -0.3 is 24.3 Å². The molecule has 1 saturated heterocycles. The maximum absolute atomic E-state index is 6.17. The second-order valence-electron chi connectivity index (χ2n) is 10.2. The van der Waals surface area contributed by atoms with Gasteiger partial charge in [-0.1, -0.05) is 30.3 Å². The van der Waals surface area contributed by atoms with Crippen LogP contribution in [0.3, 0.4) is 0 Å². The first-order valence-electron chi connectivity index (χ1n) is 13.6. The average molecular weight is 561 g/mol. The number of thiocarbonyl (C=S) groups is 1. The van der Waals surface area contributed by atoms with Gasteiger partial charge in [0.15, 0.2) is 5.11 Å². The van der Waals surface area contributed by atoms with Crippen LogP contribution in [0.5, 0.6) is 17.2 Å². The van der Waals surface area contributed by atoms with Gasteiger partial charge in [0.2, 0.25) is 0 Å². The number of para-hydroxylation sites is 1. The molecule has 0 aliphatic carbocycles. The summed E-state index contributed by atoms with van der Waals surface area (Å²) < 4.78 is 14.0. The molecule has 0 spiro atoms. The van der Waals surface area contributed by atoms with Crippen LogP contribution in [-0.4, -0.2) is 21.8 Å². The zero-order chi connectivity index (χ0) is 28.5. The monoisotopic (exact) mass is 560 g/mol. The van der Waals surface area contributed by atoms with Gasteiger partial charge in [-0.05, 0) is 105 Å². The first-order chi connectivity index (χ1) is 19.9. The Labute approximate surface area is 246 Å². The Bertz CT molecular complexity index is 1700. The summed E-state index contributed by atoms with van der Waals surface area (Å²) in [7, 11) is 1.69. The number of ether oxygens (including phenoxy) is 2. The molecule has 1 N–H and O–H groups in total. The van der Waals surface area contributed by atoms with E-state index in [0.29, 0.717) is 5.11 Å². The first-order valence-corrected chi connectivity index (χ1v) is 14.0. The quantitative estimate of drug-likeness (QED) is 0.205. The van der Waals surface area contributed by atoms with Crippen LogP contribution in [0.4, 0.5) is 5.69 Å². The van der Waals surface area contributed by atoms with Crippen molar-refractivity contribution < 1.29 is 9.47 Å². The SMILES string of the molecule is COc1cccc(-n2c(C)cc([C@@H]3[C@H](c4ccccn4)NC(=S)N3c3ccc(Oc4ccccc4C)cc3)c2C)c1. The van der Waals surface area contributed by atoms with Crippen LogP contribution in [0, 0.1) is 20.8 Å². The van der Waals surface area contributed by atoms with Crippen molar-refractivity contribution in [3.63, 3.8) is 0 Å². The second kappa shape index (κ2) is 11.1. The number of anilines is 1. The third-order valence-electron chi connectivity index (χ3n) is 7.63. The van der Waals surface area contributed by atoms with Gasteiger partial charge in [-0.25, -0.2) is 0 Å². The molecule has 6 rings (SSSR count). The predicted octanol–water partition coefficient (Wildman–Crippen LogP) is 7.78. The Morgan fingerprint density at radius 2 is 1.59 bits per heavy atom. The molecule has 3 aromatic carbocycles. The van der Waals surface area contributed by atoms with Gasteiger partial charge in [-0.2, -0.15) is 0 Å². The van der Waals surface area contributed by atoms with Crippen LogP contribution in [0.2, 0.25) is 0 Å². The van der Waals surface area contributed by atoms with Crippen molar-refractivity contribution in [2.75, 3.05) is 12.0 Å². The van der Waals surface area contributed by atoms with Crippen molar-refractivity contribution in [3.8, 4) is 22.9 Å². The van der Waals surface area contributed by atoms with Crippen molar-refractivity contribution in [1.29, 1.82) is 0 Å². The van der Waals surface area contributed by atoms with Gasteiger partial charge in [0.1, 0.15) is 17.2 Å². The molecule has 1 aliphatic heterocycles. The van der Waals surface area contributed by atoms with E-state index in [1.807, 2.05) is 73.8 Å². The van der Waals surface area contributed by atoms with Crippen LogP contribution in [-0.2, 0) is 0 Å². The fourth-order valence-corrected chi connectivity index (χ4v) is 6.00. The molecule has 3 heterocycles. The van der Waals surface area contributed by atoms with Gasteiger partial charge >= 0.3 is 0 Å². The van der Waals surface area contributed by atoms with E-state index >= 15 is 0 Å². The third kappa shape index (κ3) is 5.05. The lowest BCUT2D eigenvalue weighted by atomic mass is 9.96. The van der Waals surface area contributed by atoms with Crippen molar-refractivity contribution in [3.05, 3.63) is 131 Å². The van der Waals surface area contributed by atoms with E-state index < -0.39 is 0 Å². The summed E-state index contributed by atoms with van der Waals surface area (Å²) in [6, 6.07) is 32.3. The minimum Gasteiger partial charge on any atom is -0.497 e. The van der Waals surface area contributed by atoms with E-state index in [1.54, 1.807) is 7.11 Å². The highest BCUT2D eigenvalue weighted by molar-refractivity contribution is 7.80. The smallest absolute Gasteiger partial charge is 0.174 e. The number of nitrogens with one attached hydrogen (secondary N) is 1. The summed E-state index contributed by atoms with van der Waals surface area (Å²) in [4.78, 5) is 6.91. The fourth-order valence-electron chi connectivity index (χ4n) is 5.66. The number of methoxy groups -OCH3 is 1. The molecular formula is C34H32N4O2S. The molecule has 0 saturated carbocycles. The van der Waals surface area contributed by atoms with Gasteiger partial charge in [0, 0.05) is 35.0 Å². The number of rotatable bonds is 7. The minimum atomic E-state index is -0.133. The van der Waals surface area contributed by atoms with Gasteiger partial charge in [0.05, 0.1) is 24.9 Å². The van der Waals surface area contributed by atoms with E-state index in [9.17, 15) is 0 Å². The van der Waals surface area contributed by atoms with Gasteiger partial charge in [-0.3, -0.25) is 4.98 Å². The summed E-state index contributed by atoms with van der Waals surface area (Å²) >= 11 is 5.97. The molecule has 7 heteroatoms. The minimum absolute atomic E-state index is 0.119. The molecule has 6 nitrogen and oxygen atoms in total. The highest BCUT2D eigenvalue weighted by Crippen LogP contribution is 2.44. The van der Waals surface area contributed by atoms with E-state index in [-0.39, 0.29) is 12.1 Å². The lowest BCUT2D eigenvalue weighted by Gasteiger charge is -2.28. The Kier molecular flexibility index (Phi) is 7.20. The van der Waals surface area contributed by atoms with Gasteiger partial charge in [0.25, 0.3) is 0 Å². The van der Waals surface area contributed by atoms with Crippen LogP contribution in [0.1, 0.15) is 40.3 Å². The van der Waals surface area contributed by atoms with E-state index in [1.165, 1.54) is 5.56 Å². The normalized spacial score (nSPS) is 16.5. The highest BCUT2D eigenvalue weighted by atomic mass is 32.1. The number of aromatic nitrogens is 2. The highest BCUT2D eigenvalue weighted by Gasteiger charge is 2.42. The van der Waals surface area contributed by atoms with Crippen LogP contribution < -0.4 is 19.7 Å². The van der Waals surface area contributed by atoms with E-state index in [4.69, 9.17) is 26.7 Å². The lowest BCUT2D eigenvalue weighted by Crippen LogP contribution is -2.29. The number of hydrogen-bond donors (Lipinski definition) is 1. The molecular weight excluding hydrogens is 528 g/mol. The zero-order valence-corrected chi connectivity index (χ0v) is 24.4. The zero-order valence-electron chi connectivity index (χ0n) is 23.5. The molecule has 206 valence electrons. The van der Waals surface area contributed by atoms with Crippen LogP contribution in [0.25, 0.3) is 5.69 Å². The Morgan fingerprint density at radius 3 is 2.32 bits per heavy atom. The largest absolute Gasteiger partial charge is 0.497 e. The summed E-state index contributed by atoms with van der Waals surface area (Å²) in [6.45, 7) is 6.34. The number of aryl methyl sites for hydroxylation is 2. The molecule has 0 radical (unpaired) electrons. The maximum atomic E-state index is 6.17. The molecule has 0 unspecified atom stereocenters. The van der Waals surface area contributed by atoms with Crippen molar-refractivity contribution in [1.82, 2.24) is 14.9 Å². The van der Waals surface area contributed by atoms with Crippen molar-refractivity contribution in [2.45, 2.75) is 32.9 Å².